The van der Waals surface area contributed by atoms with Gasteiger partial charge in [0.2, 0.25) is 5.88 Å². The summed E-state index contributed by atoms with van der Waals surface area (Å²) < 4.78 is 11.2. The smallest absolute Gasteiger partial charge is 0.232 e. The van der Waals surface area contributed by atoms with Crippen molar-refractivity contribution in [2.75, 3.05) is 25.1 Å². The van der Waals surface area contributed by atoms with Crippen molar-refractivity contribution in [3.05, 3.63) is 29.7 Å². The number of hydrogen-bond donors (Lipinski definition) is 2. The number of nitrogens with zero attached hydrogens (tertiary/aromatic N) is 3. The highest BCUT2D eigenvalue weighted by Crippen LogP contribution is 2.28. The first-order valence-corrected chi connectivity index (χ1v) is 9.94. The molecule has 152 valence electrons. The monoisotopic (exact) mass is 405 g/mol. The van der Waals surface area contributed by atoms with Crippen molar-refractivity contribution in [1.82, 2.24) is 15.0 Å². The Morgan fingerprint density at radius 2 is 2.18 bits per heavy atom. The van der Waals surface area contributed by atoms with Gasteiger partial charge in [0.25, 0.3) is 0 Å². The van der Waals surface area contributed by atoms with E-state index in [1.165, 1.54) is 6.33 Å². The third-order valence-corrected chi connectivity index (χ3v) is 4.74. The molecule has 8 heteroatoms. The molecule has 28 heavy (non-hydrogen) atoms. The van der Waals surface area contributed by atoms with Crippen LogP contribution >= 0.6 is 11.6 Å². The molecule has 1 unspecified atom stereocenters. The number of aromatic nitrogens is 3. The fourth-order valence-electron chi connectivity index (χ4n) is 3.35. The summed E-state index contributed by atoms with van der Waals surface area (Å²) in [4.78, 5) is 13.0. The zero-order valence-electron chi connectivity index (χ0n) is 16.6. The quantitative estimate of drug-likeness (QED) is 0.693. The van der Waals surface area contributed by atoms with Crippen LogP contribution < -0.4 is 15.8 Å². The number of ether oxygens (including phenoxy) is 2. The minimum absolute atomic E-state index is 0.275. The van der Waals surface area contributed by atoms with E-state index in [1.807, 2.05) is 13.0 Å². The second kappa shape index (κ2) is 9.03. The van der Waals surface area contributed by atoms with E-state index in [2.05, 4.69) is 34.1 Å². The molecule has 3 N–H and O–H groups in total. The van der Waals surface area contributed by atoms with Crippen LogP contribution in [0.1, 0.15) is 33.6 Å². The van der Waals surface area contributed by atoms with Crippen LogP contribution in [0, 0.1) is 5.92 Å². The van der Waals surface area contributed by atoms with Gasteiger partial charge in [-0.05, 0) is 31.7 Å². The molecule has 0 saturated carbocycles. The van der Waals surface area contributed by atoms with Crippen molar-refractivity contribution in [3.63, 3.8) is 0 Å². The van der Waals surface area contributed by atoms with Gasteiger partial charge in [-0.2, -0.15) is 0 Å². The topological polar surface area (TPSA) is 95.2 Å². The average Bonchev–Trinajstić information content (AvgIpc) is 3.13. The zero-order chi connectivity index (χ0) is 20.1. The summed E-state index contributed by atoms with van der Waals surface area (Å²) in [6, 6.07) is 3.95. The Labute approximate surface area is 171 Å². The van der Waals surface area contributed by atoms with Crippen LogP contribution in [0.2, 0.25) is 5.02 Å². The number of halogens is 1. The first kappa shape index (κ1) is 20.8. The number of nitrogens with two attached hydrogens (primary N) is 1. The maximum atomic E-state index is 6.39. The molecule has 7 nitrogen and oxygen atoms in total. The minimum Gasteiger partial charge on any atom is -0.475 e. The summed E-state index contributed by atoms with van der Waals surface area (Å²) >= 11 is 6.39. The molecular formula is C20H28ClN5O2. The third-order valence-electron chi connectivity index (χ3n) is 4.47. The van der Waals surface area contributed by atoms with Crippen molar-refractivity contribution >= 4 is 17.4 Å². The van der Waals surface area contributed by atoms with E-state index in [0.29, 0.717) is 30.0 Å². The molecule has 3 rings (SSSR count). The fourth-order valence-corrected chi connectivity index (χ4v) is 3.57. The van der Waals surface area contributed by atoms with Crippen LogP contribution in [0.25, 0.3) is 11.3 Å². The number of anilines is 1. The van der Waals surface area contributed by atoms with Gasteiger partial charge in [-0.3, -0.25) is 0 Å². The van der Waals surface area contributed by atoms with Crippen molar-refractivity contribution in [2.24, 2.45) is 11.7 Å². The highest BCUT2D eigenvalue weighted by molar-refractivity contribution is 6.32. The van der Waals surface area contributed by atoms with Gasteiger partial charge in [0.1, 0.15) is 23.8 Å². The van der Waals surface area contributed by atoms with E-state index < -0.39 is 5.54 Å². The number of hydrogen-bond acceptors (Lipinski definition) is 7. The van der Waals surface area contributed by atoms with Crippen LogP contribution in [0.4, 0.5) is 5.82 Å². The normalized spacial score (nSPS) is 18.9. The Balaban J connectivity index is 1.68. The van der Waals surface area contributed by atoms with Crippen molar-refractivity contribution in [2.45, 2.75) is 45.2 Å². The molecule has 0 spiro atoms. The molecule has 0 aromatic carbocycles. The molecule has 0 radical (unpaired) electrons. The molecule has 1 saturated heterocycles. The highest BCUT2D eigenvalue weighted by atomic mass is 35.5. The van der Waals surface area contributed by atoms with Gasteiger partial charge >= 0.3 is 0 Å². The van der Waals surface area contributed by atoms with Gasteiger partial charge in [0, 0.05) is 30.0 Å². The van der Waals surface area contributed by atoms with Gasteiger partial charge in [0.05, 0.1) is 18.3 Å². The summed E-state index contributed by atoms with van der Waals surface area (Å²) in [5.41, 5.74) is 7.39. The summed E-state index contributed by atoms with van der Waals surface area (Å²) in [6.45, 7) is 8.05. The third kappa shape index (κ3) is 5.77. The molecule has 1 aliphatic heterocycles. The summed E-state index contributed by atoms with van der Waals surface area (Å²) in [5.74, 6) is 1.62. The minimum atomic E-state index is -0.435. The van der Waals surface area contributed by atoms with Gasteiger partial charge < -0.3 is 20.5 Å². The van der Waals surface area contributed by atoms with E-state index >= 15 is 0 Å². The first-order valence-electron chi connectivity index (χ1n) is 9.56. The van der Waals surface area contributed by atoms with Crippen LogP contribution in [0.15, 0.2) is 24.7 Å². The number of nitrogens with one attached hydrogen (secondary N) is 1. The zero-order valence-corrected chi connectivity index (χ0v) is 17.4. The first-order chi connectivity index (χ1) is 13.3. The Morgan fingerprint density at radius 3 is 2.86 bits per heavy atom. The van der Waals surface area contributed by atoms with E-state index in [-0.39, 0.29) is 6.04 Å². The predicted molar refractivity (Wildman–Crippen MR) is 111 cm³/mol. The lowest BCUT2D eigenvalue weighted by molar-refractivity contribution is 0.195. The molecule has 2 aromatic rings. The molecule has 2 aromatic heterocycles. The van der Waals surface area contributed by atoms with Crippen molar-refractivity contribution < 1.29 is 9.47 Å². The van der Waals surface area contributed by atoms with Crippen LogP contribution in [-0.2, 0) is 4.74 Å². The Hall–Kier alpha value is -1.96. The van der Waals surface area contributed by atoms with Crippen LogP contribution in [-0.4, -0.2) is 46.4 Å². The van der Waals surface area contributed by atoms with E-state index in [0.717, 1.165) is 36.5 Å². The predicted octanol–water partition coefficient (Wildman–Crippen LogP) is 3.54. The maximum Gasteiger partial charge on any atom is 0.232 e. The molecule has 3 heterocycles. The molecule has 0 amide bonds. The molecule has 0 aliphatic carbocycles. The fraction of sp³-hybridized carbons (Fsp3) is 0.550. The maximum absolute atomic E-state index is 6.39. The lowest BCUT2D eigenvalue weighted by Gasteiger charge is -2.26. The lowest BCUT2D eigenvalue weighted by Crippen LogP contribution is -2.43. The Kier molecular flexibility index (Phi) is 6.69. The summed E-state index contributed by atoms with van der Waals surface area (Å²) in [6.07, 6.45) is 5.04. The second-order valence-electron chi connectivity index (χ2n) is 8.04. The number of rotatable bonds is 8. The molecule has 0 bridgehead atoms. The summed E-state index contributed by atoms with van der Waals surface area (Å²) in [5, 5.41) is 3.79. The van der Waals surface area contributed by atoms with E-state index in [4.69, 9.17) is 26.8 Å². The number of pyridine rings is 1. The van der Waals surface area contributed by atoms with Gasteiger partial charge in [-0.15, -0.1) is 0 Å². The van der Waals surface area contributed by atoms with Gasteiger partial charge in [0.15, 0.2) is 0 Å². The van der Waals surface area contributed by atoms with E-state index in [9.17, 15) is 0 Å². The van der Waals surface area contributed by atoms with Crippen LogP contribution in [0.5, 0.6) is 5.88 Å². The summed E-state index contributed by atoms with van der Waals surface area (Å²) in [7, 11) is 0. The Bertz CT molecular complexity index is 794. The van der Waals surface area contributed by atoms with E-state index in [1.54, 1.807) is 12.3 Å². The Morgan fingerprint density at radius 1 is 1.36 bits per heavy atom. The van der Waals surface area contributed by atoms with Crippen molar-refractivity contribution in [3.8, 4) is 17.1 Å². The SMILES string of the molecule is CC(C)C[C@](C)(N)COc1ncc(-c2cc(NC3CCOC3)ncn2)cc1Cl. The average molecular weight is 406 g/mol. The standard InChI is InChI=1S/C20H28ClN5O2/c1-13(2)8-20(3,22)11-28-19-16(21)6-14(9-23-19)17-7-18(25-12-24-17)26-15-4-5-27-10-15/h6-7,9,12-13,15H,4-5,8,10-11,22H2,1-3H3,(H,24,25,26)/t15?,20-/m0/s1. The van der Waals surface area contributed by atoms with Gasteiger partial charge in [-0.1, -0.05) is 25.4 Å². The van der Waals surface area contributed by atoms with Crippen molar-refractivity contribution in [1.29, 1.82) is 0 Å². The molecule has 1 aliphatic rings. The van der Waals surface area contributed by atoms with Gasteiger partial charge in [-0.25, -0.2) is 15.0 Å². The molecule has 1 fully saturated rings. The molecule has 2 atom stereocenters. The largest absolute Gasteiger partial charge is 0.475 e. The van der Waals surface area contributed by atoms with Crippen LogP contribution in [0.3, 0.4) is 0 Å². The molecular weight excluding hydrogens is 378 g/mol. The lowest BCUT2D eigenvalue weighted by atomic mass is 9.93. The second-order valence-corrected chi connectivity index (χ2v) is 8.45. The highest BCUT2D eigenvalue weighted by Gasteiger charge is 2.22.